The quantitative estimate of drug-likeness (QED) is 0.239. The molecule has 0 atom stereocenters. The van der Waals surface area contributed by atoms with E-state index in [1.54, 1.807) is 11.8 Å². The second-order valence-electron chi connectivity index (χ2n) is 13.8. The third-order valence-electron chi connectivity index (χ3n) is 10.0. The fourth-order valence-electron chi connectivity index (χ4n) is 7.50. The van der Waals surface area contributed by atoms with Gasteiger partial charge in [0.15, 0.2) is 11.5 Å². The van der Waals surface area contributed by atoms with Crippen molar-refractivity contribution in [2.75, 3.05) is 25.1 Å². The Hall–Kier alpha value is -4.38. The normalized spacial score (nSPS) is 20.0. The minimum absolute atomic E-state index is 0.0917. The molecule has 3 aliphatic rings. The molecule has 0 radical (unpaired) electrons. The fourth-order valence-corrected chi connectivity index (χ4v) is 7.50. The number of anilines is 1. The van der Waals surface area contributed by atoms with Crippen molar-refractivity contribution >= 4 is 17.1 Å². The van der Waals surface area contributed by atoms with Crippen molar-refractivity contribution in [2.24, 2.45) is 0 Å². The van der Waals surface area contributed by atoms with Gasteiger partial charge in [0.1, 0.15) is 19.4 Å². The Morgan fingerprint density at radius 2 is 1.61 bits per heavy atom. The maximum Gasteiger partial charge on any atom is 0.264 e. The van der Waals surface area contributed by atoms with E-state index in [4.69, 9.17) is 9.57 Å². The number of allylic oxidation sites excluding steroid dienone is 7. The van der Waals surface area contributed by atoms with Crippen LogP contribution < -0.4 is 19.2 Å². The molecule has 0 amide bonds. The molecule has 0 unspecified atom stereocenters. The lowest BCUT2D eigenvalue weighted by molar-refractivity contribution is -0.885. The van der Waals surface area contributed by atoms with E-state index < -0.39 is 0 Å². The van der Waals surface area contributed by atoms with Crippen molar-refractivity contribution in [3.63, 3.8) is 0 Å². The maximum absolute atomic E-state index is 6.73. The zero-order chi connectivity index (χ0) is 32.8. The Bertz CT molecular complexity index is 1850. The molecule has 1 aliphatic carbocycles. The Morgan fingerprint density at radius 1 is 0.870 bits per heavy atom. The van der Waals surface area contributed by atoms with Gasteiger partial charge >= 0.3 is 0 Å². The number of benzene rings is 2. The monoisotopic (exact) mass is 615 g/mol. The van der Waals surface area contributed by atoms with E-state index in [0.29, 0.717) is 0 Å². The molecule has 2 aliphatic heterocycles. The number of ether oxygens (including phenoxy) is 1. The van der Waals surface area contributed by atoms with E-state index in [0.717, 1.165) is 37.4 Å². The number of fused-ring (bicyclic) bond motifs is 2. The molecule has 238 valence electrons. The zero-order valence-electron chi connectivity index (χ0n) is 29.1. The van der Waals surface area contributed by atoms with E-state index >= 15 is 0 Å². The van der Waals surface area contributed by atoms with Crippen LogP contribution in [0.1, 0.15) is 76.6 Å². The molecular formula is C41H49N3O2+2. The number of hydrogen-bond acceptors (Lipinski definition) is 3. The number of hydrogen-bond donors (Lipinski definition) is 0. The lowest BCUT2D eigenvalue weighted by Crippen LogP contribution is -2.39. The Morgan fingerprint density at radius 3 is 2.33 bits per heavy atom. The molecule has 0 bridgehead atoms. The highest BCUT2D eigenvalue weighted by Crippen LogP contribution is 2.48. The maximum atomic E-state index is 6.73. The molecule has 46 heavy (non-hydrogen) atoms. The van der Waals surface area contributed by atoms with Crippen LogP contribution in [0.3, 0.4) is 0 Å². The fraction of sp³-hybridized carbons (Fsp3) is 0.366. The number of likely N-dealkylation sites (N-methyl/N-ethyl adjacent to an activating group) is 1. The lowest BCUT2D eigenvalue weighted by Gasteiger charge is -2.26. The van der Waals surface area contributed by atoms with Gasteiger partial charge in [0.2, 0.25) is 11.9 Å². The molecule has 2 aromatic carbocycles. The lowest BCUT2D eigenvalue weighted by atomic mass is 9.80. The first kappa shape index (κ1) is 31.6. The van der Waals surface area contributed by atoms with Crippen LogP contribution in [0.4, 0.5) is 11.4 Å². The topological polar surface area (TPSA) is 28.6 Å². The summed E-state index contributed by atoms with van der Waals surface area (Å²) in [4.78, 5) is 7.90. The molecule has 0 fully saturated rings. The van der Waals surface area contributed by atoms with Gasteiger partial charge in [-0.05, 0) is 101 Å². The smallest absolute Gasteiger partial charge is 0.264 e. The number of aromatic nitrogens is 1. The third-order valence-corrected chi connectivity index (χ3v) is 10.0. The van der Waals surface area contributed by atoms with Crippen LogP contribution in [0.5, 0.6) is 5.75 Å². The molecule has 1 aromatic heterocycles. The Balaban J connectivity index is 1.42. The first-order valence-electron chi connectivity index (χ1n) is 16.7. The summed E-state index contributed by atoms with van der Waals surface area (Å²) in [5.74, 6) is 1.68. The second-order valence-corrected chi connectivity index (χ2v) is 13.8. The predicted octanol–water partition coefficient (Wildman–Crippen LogP) is 8.36. The Kier molecular flexibility index (Phi) is 8.30. The molecule has 3 aromatic rings. The van der Waals surface area contributed by atoms with Crippen molar-refractivity contribution in [2.45, 2.75) is 79.1 Å². The van der Waals surface area contributed by atoms with Gasteiger partial charge < -0.3 is 9.64 Å². The highest BCUT2D eigenvalue weighted by atomic mass is 16.6. The molecule has 0 N–H and O–H groups in total. The van der Waals surface area contributed by atoms with Crippen LogP contribution >= 0.6 is 0 Å². The summed E-state index contributed by atoms with van der Waals surface area (Å²) in [6.07, 6.45) is 14.9. The van der Waals surface area contributed by atoms with Crippen molar-refractivity contribution in [1.82, 2.24) is 0 Å². The zero-order valence-corrected chi connectivity index (χ0v) is 29.1. The highest BCUT2D eigenvalue weighted by molar-refractivity contribution is 6.03. The van der Waals surface area contributed by atoms with Crippen LogP contribution in [-0.2, 0) is 10.8 Å². The highest BCUT2D eigenvalue weighted by Gasteiger charge is 2.44. The van der Waals surface area contributed by atoms with Crippen LogP contribution in [0.25, 0.3) is 0 Å². The second kappa shape index (κ2) is 12.1. The van der Waals surface area contributed by atoms with Gasteiger partial charge in [0.25, 0.3) is 6.20 Å². The van der Waals surface area contributed by atoms with E-state index in [-0.39, 0.29) is 10.8 Å². The largest absolute Gasteiger partial charge is 0.450 e. The molecule has 6 rings (SSSR count). The third kappa shape index (κ3) is 5.40. The summed E-state index contributed by atoms with van der Waals surface area (Å²) in [5.41, 5.74) is 12.9. The van der Waals surface area contributed by atoms with Gasteiger partial charge in [0, 0.05) is 51.8 Å². The Labute approximate surface area is 275 Å². The number of aryl methyl sites for hydroxylation is 2. The van der Waals surface area contributed by atoms with E-state index in [9.17, 15) is 0 Å². The molecule has 0 saturated carbocycles. The van der Waals surface area contributed by atoms with Gasteiger partial charge in [0.05, 0.1) is 5.41 Å². The summed E-state index contributed by atoms with van der Waals surface area (Å²) in [5, 5.41) is 0. The number of pyridine rings is 1. The van der Waals surface area contributed by atoms with E-state index in [1.165, 1.54) is 56.2 Å². The minimum atomic E-state index is -0.0917. The minimum Gasteiger partial charge on any atom is -0.450 e. The van der Waals surface area contributed by atoms with Crippen LogP contribution in [-0.4, -0.2) is 30.5 Å². The first-order valence-corrected chi connectivity index (χ1v) is 16.7. The summed E-state index contributed by atoms with van der Waals surface area (Å²) < 4.78 is 10.9. The van der Waals surface area contributed by atoms with E-state index in [2.05, 4.69) is 126 Å². The molecule has 3 heterocycles. The standard InChI is InChI=1S/C41H49N3O2/c1-10-43-35-20-14-28(3)25-33(35)40(5,6)37(43)22-18-30-16-17-31(39(30)46-32-13-12-24-42(27-32)45-9)19-23-38-41(7,8)34-26-29(4)15-21-36(34)44(38)11-2/h12-15,18-27H,10-11,16-17H2,1-9H3/q+2. The van der Waals surface area contributed by atoms with Gasteiger partial charge in [-0.3, -0.25) is 4.84 Å². The average molecular weight is 616 g/mol. The average Bonchev–Trinajstić information content (AvgIpc) is 3.59. The van der Waals surface area contributed by atoms with Crippen molar-refractivity contribution in [1.29, 1.82) is 0 Å². The summed E-state index contributed by atoms with van der Waals surface area (Å²) >= 11 is 0. The SMILES string of the molecule is CCN1/C(=C/C=C2\CCC(/C=C/C3=[N+](CC)c4ccc(C)cc4C3(C)C)=C2Oc2ccc[n+](OC)c2)C(C)(C)c2cc(C)ccc21. The summed E-state index contributed by atoms with van der Waals surface area (Å²) in [7, 11) is 1.66. The number of nitrogens with zero attached hydrogens (tertiary/aromatic N) is 3. The first-order chi connectivity index (χ1) is 22.0. The number of rotatable bonds is 8. The molecule has 0 spiro atoms. The molecule has 5 nitrogen and oxygen atoms in total. The van der Waals surface area contributed by atoms with Gasteiger partial charge in [-0.1, -0.05) is 49.2 Å². The van der Waals surface area contributed by atoms with Gasteiger partial charge in [-0.15, -0.1) is 0 Å². The van der Waals surface area contributed by atoms with Crippen molar-refractivity contribution in [3.8, 4) is 5.75 Å². The van der Waals surface area contributed by atoms with Crippen LogP contribution in [0.15, 0.2) is 108 Å². The summed E-state index contributed by atoms with van der Waals surface area (Å²) in [6, 6.07) is 17.6. The van der Waals surface area contributed by atoms with Gasteiger partial charge in [-0.2, -0.15) is 4.58 Å². The summed E-state index contributed by atoms with van der Waals surface area (Å²) in [6.45, 7) is 20.0. The van der Waals surface area contributed by atoms with Crippen LogP contribution in [0, 0.1) is 13.8 Å². The molecule has 5 heteroatoms. The van der Waals surface area contributed by atoms with Crippen molar-refractivity contribution < 1.29 is 18.9 Å². The van der Waals surface area contributed by atoms with Crippen molar-refractivity contribution in [3.05, 3.63) is 130 Å². The van der Waals surface area contributed by atoms with E-state index in [1.807, 2.05) is 24.5 Å². The van der Waals surface area contributed by atoms with Gasteiger partial charge in [-0.25, -0.2) is 0 Å². The molecular weight excluding hydrogens is 566 g/mol. The predicted molar refractivity (Wildman–Crippen MR) is 188 cm³/mol. The molecule has 0 saturated heterocycles. The van der Waals surface area contributed by atoms with Crippen LogP contribution in [0.2, 0.25) is 0 Å².